The Morgan fingerprint density at radius 3 is 2.50 bits per heavy atom. The highest BCUT2D eigenvalue weighted by Crippen LogP contribution is 2.34. The molecule has 1 heterocycles. The zero-order valence-corrected chi connectivity index (χ0v) is 10.6. The van der Waals surface area contributed by atoms with Crippen molar-refractivity contribution in [3.63, 3.8) is 0 Å². The maximum absolute atomic E-state index is 13.7. The summed E-state index contributed by atoms with van der Waals surface area (Å²) in [5.74, 6) is 0.149. The Bertz CT molecular complexity index is 646. The highest BCUT2D eigenvalue weighted by atomic mass is 19.1. The fourth-order valence-electron chi connectivity index (χ4n) is 2.19. The molecule has 0 spiro atoms. The van der Waals surface area contributed by atoms with Crippen molar-refractivity contribution in [1.82, 2.24) is 0 Å². The molecule has 1 aliphatic rings. The molecule has 0 radical (unpaired) electrons. The average Bonchev–Trinajstić information content (AvgIpc) is 2.48. The Labute approximate surface area is 114 Å². The first-order chi connectivity index (χ1) is 9.65. The first-order valence-corrected chi connectivity index (χ1v) is 6.25. The zero-order valence-electron chi connectivity index (χ0n) is 10.6. The third-order valence-corrected chi connectivity index (χ3v) is 3.22. The lowest BCUT2D eigenvalue weighted by Crippen LogP contribution is -2.17. The number of ether oxygens (including phenoxy) is 2. The summed E-state index contributed by atoms with van der Waals surface area (Å²) in [4.78, 5) is 0. The molecule has 5 heteroatoms. The Hall–Kier alpha value is -2.14. The second-order valence-electron chi connectivity index (χ2n) is 4.55. The van der Waals surface area contributed by atoms with Gasteiger partial charge in [0.25, 0.3) is 0 Å². The lowest BCUT2D eigenvalue weighted by molar-refractivity contribution is 0.171. The molecule has 0 aliphatic carbocycles. The van der Waals surface area contributed by atoms with Gasteiger partial charge in [0, 0.05) is 5.56 Å². The van der Waals surface area contributed by atoms with E-state index in [2.05, 4.69) is 0 Å². The van der Waals surface area contributed by atoms with Crippen LogP contribution in [0.5, 0.6) is 11.5 Å². The van der Waals surface area contributed by atoms with Crippen molar-refractivity contribution < 1.29 is 18.3 Å². The van der Waals surface area contributed by atoms with Crippen LogP contribution in [0.4, 0.5) is 8.78 Å². The van der Waals surface area contributed by atoms with Crippen LogP contribution < -0.4 is 15.2 Å². The maximum Gasteiger partial charge on any atom is 0.161 e. The molecule has 3 nitrogen and oxygen atoms in total. The third-order valence-electron chi connectivity index (χ3n) is 3.22. The van der Waals surface area contributed by atoms with Crippen molar-refractivity contribution in [3.8, 4) is 11.5 Å². The molecule has 1 atom stereocenters. The van der Waals surface area contributed by atoms with Crippen LogP contribution in [-0.4, -0.2) is 13.2 Å². The standard InChI is InChI=1S/C15H13F2NO2/c16-10-2-3-12(17)11(8-10)15(18)9-1-4-13-14(7-9)20-6-5-19-13/h1-4,7-8,15H,5-6,18H2. The van der Waals surface area contributed by atoms with Crippen LogP contribution in [0, 0.1) is 11.6 Å². The Balaban J connectivity index is 1.97. The van der Waals surface area contributed by atoms with Crippen LogP contribution in [0.25, 0.3) is 0 Å². The van der Waals surface area contributed by atoms with Gasteiger partial charge >= 0.3 is 0 Å². The van der Waals surface area contributed by atoms with E-state index in [0.717, 1.165) is 18.2 Å². The zero-order chi connectivity index (χ0) is 14.1. The summed E-state index contributed by atoms with van der Waals surface area (Å²) in [7, 11) is 0. The molecule has 2 N–H and O–H groups in total. The summed E-state index contributed by atoms with van der Waals surface area (Å²) in [5.41, 5.74) is 6.77. The molecule has 0 fully saturated rings. The third kappa shape index (κ3) is 2.32. The Kier molecular flexibility index (Phi) is 3.28. The lowest BCUT2D eigenvalue weighted by atomic mass is 9.98. The van der Waals surface area contributed by atoms with Crippen molar-refractivity contribution in [2.75, 3.05) is 13.2 Å². The van der Waals surface area contributed by atoms with Gasteiger partial charge in [-0.15, -0.1) is 0 Å². The highest BCUT2D eigenvalue weighted by Gasteiger charge is 2.18. The van der Waals surface area contributed by atoms with Gasteiger partial charge in [-0.2, -0.15) is 0 Å². The smallest absolute Gasteiger partial charge is 0.161 e. The molecule has 1 aliphatic heterocycles. The predicted octanol–water partition coefficient (Wildman–Crippen LogP) is 2.78. The van der Waals surface area contributed by atoms with Crippen LogP contribution in [0.3, 0.4) is 0 Å². The summed E-state index contributed by atoms with van der Waals surface area (Å²) in [6.45, 7) is 0.955. The van der Waals surface area contributed by atoms with Gasteiger partial charge in [0.2, 0.25) is 0 Å². The van der Waals surface area contributed by atoms with Gasteiger partial charge in [0.1, 0.15) is 24.8 Å². The van der Waals surface area contributed by atoms with Crippen LogP contribution >= 0.6 is 0 Å². The molecule has 0 saturated carbocycles. The minimum atomic E-state index is -0.762. The highest BCUT2D eigenvalue weighted by molar-refractivity contribution is 5.46. The molecule has 0 saturated heterocycles. The van der Waals surface area contributed by atoms with Gasteiger partial charge in [0.15, 0.2) is 11.5 Å². The van der Waals surface area contributed by atoms with E-state index in [-0.39, 0.29) is 5.56 Å². The van der Waals surface area contributed by atoms with Crippen molar-refractivity contribution in [1.29, 1.82) is 0 Å². The number of hydrogen-bond acceptors (Lipinski definition) is 3. The SMILES string of the molecule is NC(c1ccc2c(c1)OCCO2)c1cc(F)ccc1F. The Morgan fingerprint density at radius 2 is 1.70 bits per heavy atom. The molecule has 20 heavy (non-hydrogen) atoms. The van der Waals surface area contributed by atoms with E-state index < -0.39 is 17.7 Å². The number of benzene rings is 2. The minimum absolute atomic E-state index is 0.113. The van der Waals surface area contributed by atoms with E-state index >= 15 is 0 Å². The van der Waals surface area contributed by atoms with Crippen LogP contribution in [0.2, 0.25) is 0 Å². The Morgan fingerprint density at radius 1 is 0.950 bits per heavy atom. The number of fused-ring (bicyclic) bond motifs is 1. The fraction of sp³-hybridized carbons (Fsp3) is 0.200. The first kappa shape index (κ1) is 12.9. The summed E-state index contributed by atoms with van der Waals surface area (Å²) in [5, 5.41) is 0. The van der Waals surface area contributed by atoms with E-state index in [0.29, 0.717) is 30.3 Å². The molecule has 2 aromatic carbocycles. The quantitative estimate of drug-likeness (QED) is 0.918. The molecule has 3 rings (SSSR count). The van der Waals surface area contributed by atoms with Crippen LogP contribution in [-0.2, 0) is 0 Å². The van der Waals surface area contributed by atoms with E-state index in [1.807, 2.05) is 0 Å². The van der Waals surface area contributed by atoms with Crippen molar-refractivity contribution >= 4 is 0 Å². The van der Waals surface area contributed by atoms with Gasteiger partial charge in [-0.05, 0) is 35.9 Å². The number of hydrogen-bond donors (Lipinski definition) is 1. The van der Waals surface area contributed by atoms with Gasteiger partial charge in [0.05, 0.1) is 6.04 Å². The molecular weight excluding hydrogens is 264 g/mol. The van der Waals surface area contributed by atoms with Gasteiger partial charge in [-0.3, -0.25) is 0 Å². The van der Waals surface area contributed by atoms with Gasteiger partial charge in [-0.1, -0.05) is 6.07 Å². The molecule has 2 aromatic rings. The molecule has 0 amide bonds. The number of rotatable bonds is 2. The second kappa shape index (κ2) is 5.09. The summed E-state index contributed by atoms with van der Waals surface area (Å²) in [6, 6.07) is 7.63. The average molecular weight is 277 g/mol. The molecule has 0 bridgehead atoms. The van der Waals surface area contributed by atoms with E-state index in [1.165, 1.54) is 0 Å². The number of nitrogens with two attached hydrogens (primary N) is 1. The van der Waals surface area contributed by atoms with Crippen molar-refractivity contribution in [3.05, 3.63) is 59.2 Å². The predicted molar refractivity (Wildman–Crippen MR) is 69.8 cm³/mol. The first-order valence-electron chi connectivity index (χ1n) is 6.25. The van der Waals surface area contributed by atoms with Crippen LogP contribution in [0.15, 0.2) is 36.4 Å². The van der Waals surface area contributed by atoms with Gasteiger partial charge < -0.3 is 15.2 Å². The summed E-state index contributed by atoms with van der Waals surface area (Å²) >= 11 is 0. The maximum atomic E-state index is 13.7. The van der Waals surface area contributed by atoms with Crippen molar-refractivity contribution in [2.45, 2.75) is 6.04 Å². The minimum Gasteiger partial charge on any atom is -0.486 e. The number of halogens is 2. The van der Waals surface area contributed by atoms with Crippen LogP contribution in [0.1, 0.15) is 17.2 Å². The van der Waals surface area contributed by atoms with E-state index in [9.17, 15) is 8.78 Å². The topological polar surface area (TPSA) is 44.5 Å². The lowest BCUT2D eigenvalue weighted by Gasteiger charge is -2.21. The fourth-order valence-corrected chi connectivity index (χ4v) is 2.19. The molecule has 0 aromatic heterocycles. The summed E-state index contributed by atoms with van der Waals surface area (Å²) < 4.78 is 37.8. The molecule has 1 unspecified atom stereocenters. The van der Waals surface area contributed by atoms with E-state index in [4.69, 9.17) is 15.2 Å². The summed E-state index contributed by atoms with van der Waals surface area (Å²) in [6.07, 6.45) is 0. The normalized spacial score (nSPS) is 14.9. The largest absolute Gasteiger partial charge is 0.486 e. The van der Waals surface area contributed by atoms with E-state index in [1.54, 1.807) is 18.2 Å². The van der Waals surface area contributed by atoms with Gasteiger partial charge in [-0.25, -0.2) is 8.78 Å². The monoisotopic (exact) mass is 277 g/mol. The molecule has 104 valence electrons. The molecular formula is C15H13F2NO2. The second-order valence-corrected chi connectivity index (χ2v) is 4.55. The van der Waals surface area contributed by atoms with Crippen molar-refractivity contribution in [2.24, 2.45) is 5.73 Å².